The Hall–Kier alpha value is -3.65. The number of carboxylic acid groups (broad SMARTS) is 1. The summed E-state index contributed by atoms with van der Waals surface area (Å²) in [5, 5.41) is 13.2. The molecule has 2 heterocycles. The molecule has 0 spiro atoms. The molecular weight excluding hydrogens is 432 g/mol. The summed E-state index contributed by atoms with van der Waals surface area (Å²) in [5.74, 6) is 0.233. The Bertz CT molecular complexity index is 1200. The van der Waals surface area contributed by atoms with Gasteiger partial charge in [0.15, 0.2) is 0 Å². The second-order valence-corrected chi connectivity index (χ2v) is 8.78. The van der Waals surface area contributed by atoms with Crippen LogP contribution in [-0.2, 0) is 11.3 Å². The highest BCUT2D eigenvalue weighted by atomic mass is 16.5. The Kier molecular flexibility index (Phi) is 6.98. The van der Waals surface area contributed by atoms with Crippen molar-refractivity contribution >= 4 is 34.3 Å². The van der Waals surface area contributed by atoms with Crippen molar-refractivity contribution in [2.45, 2.75) is 20.4 Å². The summed E-state index contributed by atoms with van der Waals surface area (Å²) < 4.78 is 5.47. The highest BCUT2D eigenvalue weighted by Gasteiger charge is 2.22. The van der Waals surface area contributed by atoms with Crippen molar-refractivity contribution in [3.63, 3.8) is 0 Å². The van der Waals surface area contributed by atoms with Gasteiger partial charge < -0.3 is 20.1 Å². The van der Waals surface area contributed by atoms with Gasteiger partial charge in [0.2, 0.25) is 5.91 Å². The number of pyridine rings is 1. The van der Waals surface area contributed by atoms with Crippen LogP contribution >= 0.6 is 0 Å². The van der Waals surface area contributed by atoms with E-state index < -0.39 is 5.97 Å². The molecule has 2 N–H and O–H groups in total. The number of methoxy groups -OCH3 is 1. The molecule has 2 aromatic carbocycles. The Morgan fingerprint density at radius 1 is 1.09 bits per heavy atom. The summed E-state index contributed by atoms with van der Waals surface area (Å²) in [6.45, 7) is 7.57. The quantitative estimate of drug-likeness (QED) is 0.551. The van der Waals surface area contributed by atoms with Gasteiger partial charge in [0.05, 0.1) is 18.2 Å². The lowest BCUT2D eigenvalue weighted by molar-refractivity contribution is -0.118. The number of aromatic carboxylic acids is 1. The fourth-order valence-corrected chi connectivity index (χ4v) is 4.12. The van der Waals surface area contributed by atoms with Crippen LogP contribution in [0.4, 0.5) is 11.5 Å². The van der Waals surface area contributed by atoms with Crippen LogP contribution in [0.1, 0.15) is 29.8 Å². The maximum absolute atomic E-state index is 12.1. The van der Waals surface area contributed by atoms with Crippen molar-refractivity contribution < 1.29 is 19.4 Å². The number of carboxylic acids is 1. The molecule has 3 aromatic rings. The summed E-state index contributed by atoms with van der Waals surface area (Å²) in [5.41, 5.74) is 2.48. The second-order valence-electron chi connectivity index (χ2n) is 8.78. The predicted octanol–water partition coefficient (Wildman–Crippen LogP) is 3.86. The maximum atomic E-state index is 12.1. The molecular formula is C26H30N4O4. The third-order valence-corrected chi connectivity index (χ3v) is 6.10. The number of hydrogen-bond donors (Lipinski definition) is 2. The fourth-order valence-electron chi connectivity index (χ4n) is 4.12. The Balaban J connectivity index is 1.52. The average molecular weight is 463 g/mol. The molecule has 4 rings (SSSR count). The van der Waals surface area contributed by atoms with Crippen molar-refractivity contribution in [2.75, 3.05) is 43.5 Å². The molecule has 8 heteroatoms. The number of amides is 1. The average Bonchev–Trinajstić information content (AvgIpc) is 2.84. The number of carbonyl (C=O) groups excluding carboxylic acids is 1. The monoisotopic (exact) mass is 462 g/mol. The smallest absolute Gasteiger partial charge is 0.336 e. The van der Waals surface area contributed by atoms with Gasteiger partial charge in [0, 0.05) is 55.3 Å². The Morgan fingerprint density at radius 2 is 1.82 bits per heavy atom. The first-order valence-corrected chi connectivity index (χ1v) is 11.4. The first-order valence-electron chi connectivity index (χ1n) is 11.4. The largest absolute Gasteiger partial charge is 0.496 e. The number of rotatable bonds is 7. The molecule has 1 saturated heterocycles. The van der Waals surface area contributed by atoms with E-state index in [1.54, 1.807) is 31.4 Å². The highest BCUT2D eigenvalue weighted by molar-refractivity contribution is 6.05. The molecule has 34 heavy (non-hydrogen) atoms. The van der Waals surface area contributed by atoms with Crippen molar-refractivity contribution in [1.82, 2.24) is 9.88 Å². The van der Waals surface area contributed by atoms with E-state index in [-0.39, 0.29) is 17.4 Å². The van der Waals surface area contributed by atoms with Crippen LogP contribution in [0.5, 0.6) is 5.75 Å². The molecule has 1 aliphatic heterocycles. The number of fused-ring (bicyclic) bond motifs is 1. The lowest BCUT2D eigenvalue weighted by atomic mass is 10.1. The van der Waals surface area contributed by atoms with Crippen LogP contribution in [0.3, 0.4) is 0 Å². The molecule has 0 bridgehead atoms. The van der Waals surface area contributed by atoms with E-state index in [4.69, 9.17) is 9.72 Å². The number of para-hydroxylation sites is 1. The van der Waals surface area contributed by atoms with Crippen LogP contribution in [-0.4, -0.2) is 60.2 Å². The lowest BCUT2D eigenvalue weighted by Gasteiger charge is -2.35. The Morgan fingerprint density at radius 3 is 2.50 bits per heavy atom. The van der Waals surface area contributed by atoms with Crippen LogP contribution in [0, 0.1) is 5.92 Å². The van der Waals surface area contributed by atoms with E-state index in [0.29, 0.717) is 22.4 Å². The van der Waals surface area contributed by atoms with Crippen LogP contribution in [0.15, 0.2) is 48.5 Å². The zero-order valence-electron chi connectivity index (χ0n) is 19.7. The van der Waals surface area contributed by atoms with E-state index in [1.165, 1.54) is 0 Å². The maximum Gasteiger partial charge on any atom is 0.336 e. The summed E-state index contributed by atoms with van der Waals surface area (Å²) >= 11 is 0. The number of nitrogens with one attached hydrogen (secondary N) is 1. The summed E-state index contributed by atoms with van der Waals surface area (Å²) in [4.78, 5) is 33.3. The zero-order chi connectivity index (χ0) is 24.2. The van der Waals surface area contributed by atoms with E-state index >= 15 is 0 Å². The van der Waals surface area contributed by atoms with Gasteiger partial charge in [-0.1, -0.05) is 32.0 Å². The van der Waals surface area contributed by atoms with Gasteiger partial charge in [-0.2, -0.15) is 0 Å². The number of piperazine rings is 1. The third kappa shape index (κ3) is 5.12. The molecule has 1 aliphatic rings. The normalized spacial score (nSPS) is 14.4. The number of carbonyl (C=O) groups is 2. The predicted molar refractivity (Wildman–Crippen MR) is 133 cm³/mol. The number of anilines is 2. The van der Waals surface area contributed by atoms with E-state index in [9.17, 15) is 14.7 Å². The molecule has 1 aromatic heterocycles. The molecule has 178 valence electrons. The number of hydrogen-bond acceptors (Lipinski definition) is 6. The van der Waals surface area contributed by atoms with Gasteiger partial charge in [0.25, 0.3) is 0 Å². The van der Waals surface area contributed by atoms with Crippen molar-refractivity contribution in [2.24, 2.45) is 5.92 Å². The van der Waals surface area contributed by atoms with Gasteiger partial charge in [-0.25, -0.2) is 9.78 Å². The SMILES string of the molecule is COc1ccccc1CN1CCN(c2cc(C(=O)O)c3cc(NC(=O)C(C)C)ccc3n2)CC1. The summed E-state index contributed by atoms with van der Waals surface area (Å²) in [7, 11) is 1.68. The van der Waals surface area contributed by atoms with Crippen molar-refractivity contribution in [3.8, 4) is 5.75 Å². The molecule has 0 unspecified atom stereocenters. The number of ether oxygens (including phenoxy) is 1. The van der Waals surface area contributed by atoms with Gasteiger partial charge in [-0.3, -0.25) is 9.69 Å². The second kappa shape index (κ2) is 10.1. The number of benzene rings is 2. The molecule has 1 amide bonds. The summed E-state index contributed by atoms with van der Waals surface area (Å²) in [6.07, 6.45) is 0. The standard InChI is InChI=1S/C26H30N4O4/c1-17(2)25(31)27-19-8-9-22-20(14-19)21(26(32)33)15-24(28-22)30-12-10-29(11-13-30)16-18-6-4-5-7-23(18)34-3/h4-9,14-15,17H,10-13,16H2,1-3H3,(H,27,31)(H,32,33). The van der Waals surface area contributed by atoms with Gasteiger partial charge in [-0.15, -0.1) is 0 Å². The first kappa shape index (κ1) is 23.5. The third-order valence-electron chi connectivity index (χ3n) is 6.10. The molecule has 0 atom stereocenters. The lowest BCUT2D eigenvalue weighted by Crippen LogP contribution is -2.46. The minimum absolute atomic E-state index is 0.119. The molecule has 0 aliphatic carbocycles. The number of aromatic nitrogens is 1. The number of nitrogens with zero attached hydrogens (tertiary/aromatic N) is 3. The molecule has 1 fully saturated rings. The first-order chi connectivity index (χ1) is 16.4. The van der Waals surface area contributed by atoms with Crippen LogP contribution < -0.4 is 15.0 Å². The zero-order valence-corrected chi connectivity index (χ0v) is 19.7. The van der Waals surface area contributed by atoms with Crippen LogP contribution in [0.25, 0.3) is 10.9 Å². The van der Waals surface area contributed by atoms with E-state index in [0.717, 1.165) is 44.0 Å². The minimum Gasteiger partial charge on any atom is -0.496 e. The molecule has 8 nitrogen and oxygen atoms in total. The fraction of sp³-hybridized carbons (Fsp3) is 0.346. The highest BCUT2D eigenvalue weighted by Crippen LogP contribution is 2.27. The van der Waals surface area contributed by atoms with Gasteiger partial charge >= 0.3 is 5.97 Å². The molecule has 0 radical (unpaired) electrons. The van der Waals surface area contributed by atoms with Gasteiger partial charge in [0.1, 0.15) is 11.6 Å². The molecule has 0 saturated carbocycles. The van der Waals surface area contributed by atoms with Crippen molar-refractivity contribution in [3.05, 3.63) is 59.7 Å². The van der Waals surface area contributed by atoms with E-state index in [1.807, 2.05) is 32.0 Å². The van der Waals surface area contributed by atoms with Gasteiger partial charge in [-0.05, 0) is 30.3 Å². The van der Waals surface area contributed by atoms with Crippen LogP contribution in [0.2, 0.25) is 0 Å². The Labute approximate surface area is 199 Å². The minimum atomic E-state index is -1.02. The topological polar surface area (TPSA) is 95.0 Å². The van der Waals surface area contributed by atoms with E-state index in [2.05, 4.69) is 21.2 Å². The summed E-state index contributed by atoms with van der Waals surface area (Å²) in [6, 6.07) is 14.9. The van der Waals surface area contributed by atoms with Crippen molar-refractivity contribution in [1.29, 1.82) is 0 Å².